The second-order valence-corrected chi connectivity index (χ2v) is 4.83. The van der Waals surface area contributed by atoms with Crippen molar-refractivity contribution < 1.29 is 4.79 Å². The summed E-state index contributed by atoms with van der Waals surface area (Å²) in [5, 5.41) is 9.08. The van der Waals surface area contributed by atoms with E-state index in [0.29, 0.717) is 6.42 Å². The van der Waals surface area contributed by atoms with E-state index < -0.39 is 0 Å². The van der Waals surface area contributed by atoms with E-state index in [1.165, 1.54) is 0 Å². The number of hydrogen-bond acceptors (Lipinski definition) is 3. The van der Waals surface area contributed by atoms with Gasteiger partial charge in [0, 0.05) is 17.0 Å². The number of anilines is 1. The van der Waals surface area contributed by atoms with Gasteiger partial charge in [0.05, 0.1) is 12.6 Å². The molecule has 90 valence electrons. The van der Waals surface area contributed by atoms with Gasteiger partial charge < -0.3 is 5.32 Å². The van der Waals surface area contributed by atoms with Crippen LogP contribution < -0.4 is 5.32 Å². The van der Waals surface area contributed by atoms with Gasteiger partial charge >= 0.3 is 0 Å². The average molecular weight is 249 g/mol. The smallest absolute Gasteiger partial charge is 0.230 e. The van der Waals surface area contributed by atoms with Gasteiger partial charge in [-0.15, -0.1) is 11.3 Å². The fourth-order valence-electron chi connectivity index (χ4n) is 1.63. The number of aryl methyl sites for hydroxylation is 2. The zero-order chi connectivity index (χ0) is 12.3. The molecule has 0 aliphatic rings. The van der Waals surface area contributed by atoms with Crippen molar-refractivity contribution in [3.8, 4) is 0 Å². The number of rotatable bonds is 4. The Hall–Kier alpha value is -1.62. The Morgan fingerprint density at radius 2 is 2.41 bits per heavy atom. The largest absolute Gasteiger partial charge is 0.310 e. The van der Waals surface area contributed by atoms with Crippen LogP contribution in [0.1, 0.15) is 17.4 Å². The van der Waals surface area contributed by atoms with Crippen LogP contribution in [0.3, 0.4) is 0 Å². The SMILES string of the molecule is CCn1ncc(C)c1NC(=O)Cc1cccs1. The minimum atomic E-state index is 0.00532. The van der Waals surface area contributed by atoms with Crippen LogP contribution in [0.5, 0.6) is 0 Å². The summed E-state index contributed by atoms with van der Waals surface area (Å²) in [6.07, 6.45) is 2.19. The lowest BCUT2D eigenvalue weighted by atomic mass is 10.3. The maximum absolute atomic E-state index is 11.9. The topological polar surface area (TPSA) is 46.9 Å². The predicted molar refractivity (Wildman–Crippen MR) is 69.3 cm³/mol. The number of carbonyl (C=O) groups is 1. The Morgan fingerprint density at radius 1 is 1.59 bits per heavy atom. The summed E-state index contributed by atoms with van der Waals surface area (Å²) in [4.78, 5) is 12.9. The lowest BCUT2D eigenvalue weighted by Gasteiger charge is -2.07. The molecule has 0 spiro atoms. The zero-order valence-corrected chi connectivity index (χ0v) is 10.8. The first-order valence-corrected chi connectivity index (χ1v) is 6.43. The molecule has 0 fully saturated rings. The summed E-state index contributed by atoms with van der Waals surface area (Å²) in [6, 6.07) is 3.92. The van der Waals surface area contributed by atoms with Crippen LogP contribution in [0.4, 0.5) is 5.82 Å². The molecule has 5 heteroatoms. The summed E-state index contributed by atoms with van der Waals surface area (Å²) in [5.74, 6) is 0.805. The molecule has 2 heterocycles. The molecule has 4 nitrogen and oxygen atoms in total. The van der Waals surface area contributed by atoms with Crippen LogP contribution in [0.25, 0.3) is 0 Å². The quantitative estimate of drug-likeness (QED) is 0.904. The highest BCUT2D eigenvalue weighted by molar-refractivity contribution is 7.10. The van der Waals surface area contributed by atoms with Gasteiger partial charge in [-0.05, 0) is 25.3 Å². The van der Waals surface area contributed by atoms with Crippen molar-refractivity contribution in [3.05, 3.63) is 34.2 Å². The van der Waals surface area contributed by atoms with E-state index in [0.717, 1.165) is 22.8 Å². The third-order valence-corrected chi connectivity index (χ3v) is 3.37. The van der Waals surface area contributed by atoms with Crippen molar-refractivity contribution in [2.24, 2.45) is 0 Å². The van der Waals surface area contributed by atoms with Crippen molar-refractivity contribution in [1.82, 2.24) is 9.78 Å². The number of carbonyl (C=O) groups excluding carboxylic acids is 1. The van der Waals surface area contributed by atoms with Gasteiger partial charge in [-0.25, -0.2) is 4.68 Å². The molecule has 0 aliphatic heterocycles. The lowest BCUT2D eigenvalue weighted by molar-refractivity contribution is -0.115. The Kier molecular flexibility index (Phi) is 3.58. The molecule has 17 heavy (non-hydrogen) atoms. The number of nitrogens with zero attached hydrogens (tertiary/aromatic N) is 2. The molecule has 0 saturated heterocycles. The molecular weight excluding hydrogens is 234 g/mol. The summed E-state index contributed by atoms with van der Waals surface area (Å²) in [5.41, 5.74) is 0.992. The van der Waals surface area contributed by atoms with Crippen LogP contribution in [-0.4, -0.2) is 15.7 Å². The Morgan fingerprint density at radius 3 is 3.06 bits per heavy atom. The fraction of sp³-hybridized carbons (Fsp3) is 0.333. The van der Waals surface area contributed by atoms with Crippen molar-refractivity contribution >= 4 is 23.1 Å². The molecule has 2 rings (SSSR count). The van der Waals surface area contributed by atoms with E-state index in [4.69, 9.17) is 0 Å². The molecule has 1 amide bonds. The van der Waals surface area contributed by atoms with Crippen LogP contribution in [0.15, 0.2) is 23.7 Å². The maximum Gasteiger partial charge on any atom is 0.230 e. The van der Waals surface area contributed by atoms with E-state index >= 15 is 0 Å². The number of amides is 1. The molecule has 0 unspecified atom stereocenters. The van der Waals surface area contributed by atoms with E-state index in [9.17, 15) is 4.79 Å². The molecule has 1 N–H and O–H groups in total. The van der Waals surface area contributed by atoms with E-state index in [1.54, 1.807) is 22.2 Å². The molecule has 0 bridgehead atoms. The number of nitrogens with one attached hydrogen (secondary N) is 1. The van der Waals surface area contributed by atoms with E-state index in [2.05, 4.69) is 10.4 Å². The van der Waals surface area contributed by atoms with Crippen LogP contribution in [0.2, 0.25) is 0 Å². The minimum absolute atomic E-state index is 0.00532. The van der Waals surface area contributed by atoms with Crippen LogP contribution >= 0.6 is 11.3 Å². The third kappa shape index (κ3) is 2.74. The van der Waals surface area contributed by atoms with Crippen LogP contribution in [-0.2, 0) is 17.8 Å². The number of thiophene rings is 1. The second kappa shape index (κ2) is 5.14. The van der Waals surface area contributed by atoms with Crippen molar-refractivity contribution in [2.75, 3.05) is 5.32 Å². The lowest BCUT2D eigenvalue weighted by Crippen LogP contribution is -2.17. The van der Waals surface area contributed by atoms with Crippen LogP contribution in [0, 0.1) is 6.92 Å². The third-order valence-electron chi connectivity index (χ3n) is 2.49. The number of aromatic nitrogens is 2. The molecule has 0 aliphatic carbocycles. The first-order valence-electron chi connectivity index (χ1n) is 5.55. The van der Waals surface area contributed by atoms with Gasteiger partial charge in [0.25, 0.3) is 0 Å². The standard InChI is InChI=1S/C12H15N3OS/c1-3-15-12(9(2)8-13-15)14-11(16)7-10-5-4-6-17-10/h4-6,8H,3,7H2,1-2H3,(H,14,16). The van der Waals surface area contributed by atoms with Gasteiger partial charge in [0.1, 0.15) is 5.82 Å². The maximum atomic E-state index is 11.9. The van der Waals surface area contributed by atoms with Gasteiger partial charge in [0.15, 0.2) is 0 Å². The zero-order valence-electron chi connectivity index (χ0n) is 9.93. The molecular formula is C12H15N3OS. The molecule has 0 atom stereocenters. The first kappa shape index (κ1) is 11.9. The highest BCUT2D eigenvalue weighted by Crippen LogP contribution is 2.15. The molecule has 0 radical (unpaired) electrons. The van der Waals surface area contributed by atoms with Crippen molar-refractivity contribution in [3.63, 3.8) is 0 Å². The van der Waals surface area contributed by atoms with E-state index in [1.807, 2.05) is 31.4 Å². The Bertz CT molecular complexity index is 502. The summed E-state index contributed by atoms with van der Waals surface area (Å²) < 4.78 is 1.79. The molecule has 2 aromatic heterocycles. The Balaban J connectivity index is 2.05. The predicted octanol–water partition coefficient (Wildman–Crippen LogP) is 2.45. The first-order chi connectivity index (χ1) is 8.20. The Labute approximate surface area is 104 Å². The van der Waals surface area contributed by atoms with Crippen molar-refractivity contribution in [1.29, 1.82) is 0 Å². The van der Waals surface area contributed by atoms with E-state index in [-0.39, 0.29) is 5.91 Å². The normalized spacial score (nSPS) is 10.5. The van der Waals surface area contributed by atoms with Gasteiger partial charge in [-0.3, -0.25) is 4.79 Å². The number of hydrogen-bond donors (Lipinski definition) is 1. The summed E-state index contributed by atoms with van der Waals surface area (Å²) in [7, 11) is 0. The molecule has 2 aromatic rings. The second-order valence-electron chi connectivity index (χ2n) is 3.80. The summed E-state index contributed by atoms with van der Waals surface area (Å²) in [6.45, 7) is 4.70. The van der Waals surface area contributed by atoms with Gasteiger partial charge in [-0.2, -0.15) is 5.10 Å². The monoisotopic (exact) mass is 249 g/mol. The highest BCUT2D eigenvalue weighted by atomic mass is 32.1. The fourth-order valence-corrected chi connectivity index (χ4v) is 2.33. The summed E-state index contributed by atoms with van der Waals surface area (Å²) >= 11 is 1.59. The molecule has 0 aromatic carbocycles. The van der Waals surface area contributed by atoms with Gasteiger partial charge in [0.2, 0.25) is 5.91 Å². The van der Waals surface area contributed by atoms with Gasteiger partial charge in [-0.1, -0.05) is 6.07 Å². The molecule has 0 saturated carbocycles. The minimum Gasteiger partial charge on any atom is -0.310 e. The average Bonchev–Trinajstić information content (AvgIpc) is 2.90. The van der Waals surface area contributed by atoms with Crippen molar-refractivity contribution in [2.45, 2.75) is 26.8 Å². The highest BCUT2D eigenvalue weighted by Gasteiger charge is 2.10.